The van der Waals surface area contributed by atoms with Crippen LogP contribution >= 0.6 is 0 Å². The van der Waals surface area contributed by atoms with Crippen molar-refractivity contribution in [3.63, 3.8) is 0 Å². The van der Waals surface area contributed by atoms with Crippen molar-refractivity contribution in [2.24, 2.45) is 5.92 Å². The van der Waals surface area contributed by atoms with E-state index in [0.29, 0.717) is 0 Å². The minimum absolute atomic E-state index is 0.0507. The maximum absolute atomic E-state index is 12.2. The van der Waals surface area contributed by atoms with E-state index < -0.39 is 0 Å². The van der Waals surface area contributed by atoms with Gasteiger partial charge in [-0.2, -0.15) is 0 Å². The fourth-order valence-electron chi connectivity index (χ4n) is 2.77. The van der Waals surface area contributed by atoms with Crippen molar-refractivity contribution in [2.75, 3.05) is 7.11 Å². The van der Waals surface area contributed by atoms with Crippen LogP contribution in [0, 0.1) is 5.92 Å². The molecule has 0 aromatic heterocycles. The summed E-state index contributed by atoms with van der Waals surface area (Å²) in [7, 11) is 1.65. The van der Waals surface area contributed by atoms with E-state index in [1.54, 1.807) is 7.11 Å². The molecule has 1 aliphatic rings. The molecule has 1 atom stereocenters. The fraction of sp³-hybridized carbons (Fsp3) is 0.588. The molecule has 0 heterocycles. The predicted molar refractivity (Wildman–Crippen MR) is 82.3 cm³/mol. The minimum Gasteiger partial charge on any atom is -0.497 e. The molecule has 0 aliphatic heterocycles. The highest BCUT2D eigenvalue weighted by atomic mass is 16.5. The van der Waals surface area contributed by atoms with Crippen LogP contribution in [0.2, 0.25) is 0 Å². The summed E-state index contributed by atoms with van der Waals surface area (Å²) < 4.78 is 5.13. The van der Waals surface area contributed by atoms with Crippen molar-refractivity contribution in [3.05, 3.63) is 29.8 Å². The van der Waals surface area contributed by atoms with Crippen LogP contribution in [-0.2, 0) is 11.2 Å². The zero-order chi connectivity index (χ0) is 15.2. The van der Waals surface area contributed by atoms with Gasteiger partial charge in [0.1, 0.15) is 5.75 Å². The van der Waals surface area contributed by atoms with Crippen LogP contribution in [0.15, 0.2) is 24.3 Å². The highest BCUT2D eigenvalue weighted by Gasteiger charge is 2.22. The van der Waals surface area contributed by atoms with Crippen molar-refractivity contribution < 1.29 is 14.6 Å². The van der Waals surface area contributed by atoms with Crippen LogP contribution in [0.4, 0.5) is 0 Å². The molecule has 0 radical (unpaired) electrons. The number of hydrogen-bond acceptors (Lipinski definition) is 3. The number of nitrogens with one attached hydrogen (secondary N) is 1. The van der Waals surface area contributed by atoms with E-state index in [9.17, 15) is 9.90 Å². The fourth-order valence-corrected chi connectivity index (χ4v) is 2.77. The summed E-state index contributed by atoms with van der Waals surface area (Å²) in [5.74, 6) is 0.883. The molecule has 2 N–H and O–H groups in total. The smallest absolute Gasteiger partial charge is 0.223 e. The third kappa shape index (κ3) is 4.74. The van der Waals surface area contributed by atoms with Crippen LogP contribution in [-0.4, -0.2) is 30.3 Å². The summed E-state index contributed by atoms with van der Waals surface area (Å²) >= 11 is 0. The van der Waals surface area contributed by atoms with E-state index in [2.05, 4.69) is 5.32 Å². The molecule has 1 aliphatic carbocycles. The number of ether oxygens (including phenoxy) is 1. The lowest BCUT2D eigenvalue weighted by Crippen LogP contribution is -2.41. The average Bonchev–Trinajstić information content (AvgIpc) is 2.50. The molecule has 21 heavy (non-hydrogen) atoms. The molecule has 0 bridgehead atoms. The molecule has 2 rings (SSSR count). The van der Waals surface area contributed by atoms with Crippen molar-refractivity contribution in [3.8, 4) is 5.75 Å². The van der Waals surface area contributed by atoms with Crippen molar-refractivity contribution in [1.82, 2.24) is 5.32 Å². The first-order valence-corrected chi connectivity index (χ1v) is 7.70. The van der Waals surface area contributed by atoms with Gasteiger partial charge in [0.25, 0.3) is 0 Å². The number of aliphatic hydroxyl groups is 1. The van der Waals surface area contributed by atoms with Gasteiger partial charge in [-0.1, -0.05) is 19.1 Å². The van der Waals surface area contributed by atoms with Gasteiger partial charge in [-0.15, -0.1) is 0 Å². The molecular formula is C17H25NO3. The third-order valence-electron chi connectivity index (χ3n) is 4.19. The highest BCUT2D eigenvalue weighted by molar-refractivity contribution is 5.78. The van der Waals surface area contributed by atoms with Crippen LogP contribution in [0.25, 0.3) is 0 Å². The summed E-state index contributed by atoms with van der Waals surface area (Å²) in [6, 6.07) is 8.06. The molecule has 0 spiro atoms. The Morgan fingerprint density at radius 1 is 1.29 bits per heavy atom. The summed E-state index contributed by atoms with van der Waals surface area (Å²) in [5, 5.41) is 12.6. The van der Waals surface area contributed by atoms with Crippen molar-refractivity contribution in [2.45, 2.75) is 51.2 Å². The minimum atomic E-state index is -0.185. The Morgan fingerprint density at radius 2 is 1.90 bits per heavy atom. The number of carbonyl (C=O) groups excluding carboxylic acids is 1. The SMILES string of the molecule is COc1ccc(CC(C)C(=O)NC2CCC(O)CC2)cc1. The van der Waals surface area contributed by atoms with Gasteiger partial charge < -0.3 is 15.2 Å². The largest absolute Gasteiger partial charge is 0.497 e. The van der Waals surface area contributed by atoms with Crippen LogP contribution in [0.3, 0.4) is 0 Å². The Hall–Kier alpha value is -1.55. The zero-order valence-corrected chi connectivity index (χ0v) is 12.8. The quantitative estimate of drug-likeness (QED) is 0.875. The standard InChI is InChI=1S/C17H25NO3/c1-12(11-13-3-9-16(21-2)10-4-13)17(20)18-14-5-7-15(19)8-6-14/h3-4,9-10,12,14-15,19H,5-8,11H2,1-2H3,(H,18,20). The lowest BCUT2D eigenvalue weighted by molar-refractivity contribution is -0.125. The number of carbonyl (C=O) groups is 1. The Morgan fingerprint density at radius 3 is 2.48 bits per heavy atom. The number of aliphatic hydroxyl groups excluding tert-OH is 1. The maximum Gasteiger partial charge on any atom is 0.223 e. The number of amides is 1. The molecule has 1 aromatic carbocycles. The Balaban J connectivity index is 1.81. The van der Waals surface area contributed by atoms with E-state index in [1.807, 2.05) is 31.2 Å². The van der Waals surface area contributed by atoms with E-state index >= 15 is 0 Å². The Bertz CT molecular complexity index is 450. The van der Waals surface area contributed by atoms with Crippen molar-refractivity contribution in [1.29, 1.82) is 0 Å². The number of methoxy groups -OCH3 is 1. The van der Waals surface area contributed by atoms with Gasteiger partial charge in [0.05, 0.1) is 13.2 Å². The third-order valence-corrected chi connectivity index (χ3v) is 4.19. The lowest BCUT2D eigenvalue weighted by Gasteiger charge is -2.27. The molecule has 1 unspecified atom stereocenters. The summed E-state index contributed by atoms with van der Waals surface area (Å²) in [4.78, 5) is 12.2. The van der Waals surface area contributed by atoms with Crippen LogP contribution < -0.4 is 10.1 Å². The molecule has 1 fully saturated rings. The van der Waals surface area contributed by atoms with Gasteiger partial charge in [-0.05, 0) is 49.8 Å². The molecule has 1 aromatic rings. The molecular weight excluding hydrogens is 266 g/mol. The van der Waals surface area contributed by atoms with Crippen LogP contribution in [0.5, 0.6) is 5.75 Å². The van der Waals surface area contributed by atoms with Gasteiger partial charge in [-0.3, -0.25) is 4.79 Å². The van der Waals surface area contributed by atoms with Gasteiger partial charge in [-0.25, -0.2) is 0 Å². The van der Waals surface area contributed by atoms with Gasteiger partial charge >= 0.3 is 0 Å². The first kappa shape index (κ1) is 15.8. The summed E-state index contributed by atoms with van der Waals surface area (Å²) in [5.41, 5.74) is 1.14. The monoisotopic (exact) mass is 291 g/mol. The lowest BCUT2D eigenvalue weighted by atomic mass is 9.92. The van der Waals surface area contributed by atoms with E-state index in [0.717, 1.165) is 43.4 Å². The molecule has 4 nitrogen and oxygen atoms in total. The second-order valence-electron chi connectivity index (χ2n) is 5.97. The first-order chi connectivity index (χ1) is 10.1. The average molecular weight is 291 g/mol. The Kier molecular flexibility index (Phi) is 5.62. The second-order valence-corrected chi connectivity index (χ2v) is 5.97. The van der Waals surface area contributed by atoms with E-state index in [-0.39, 0.29) is 24.0 Å². The normalized spacial score (nSPS) is 23.4. The van der Waals surface area contributed by atoms with E-state index in [4.69, 9.17) is 4.74 Å². The predicted octanol–water partition coefficient (Wildman–Crippen LogP) is 2.29. The molecule has 0 saturated heterocycles. The van der Waals surface area contributed by atoms with Crippen LogP contribution in [0.1, 0.15) is 38.2 Å². The number of hydrogen-bond donors (Lipinski definition) is 2. The highest BCUT2D eigenvalue weighted by Crippen LogP contribution is 2.19. The Labute approximate surface area is 126 Å². The zero-order valence-electron chi connectivity index (χ0n) is 12.8. The van der Waals surface area contributed by atoms with Crippen molar-refractivity contribution >= 4 is 5.91 Å². The number of benzene rings is 1. The first-order valence-electron chi connectivity index (χ1n) is 7.70. The molecule has 4 heteroatoms. The van der Waals surface area contributed by atoms with Gasteiger partial charge in [0, 0.05) is 12.0 Å². The van der Waals surface area contributed by atoms with Gasteiger partial charge in [0.15, 0.2) is 0 Å². The topological polar surface area (TPSA) is 58.6 Å². The molecule has 1 amide bonds. The molecule has 116 valence electrons. The van der Waals surface area contributed by atoms with Gasteiger partial charge in [0.2, 0.25) is 5.91 Å². The summed E-state index contributed by atoms with van der Waals surface area (Å²) in [6.45, 7) is 1.96. The molecule has 1 saturated carbocycles. The maximum atomic E-state index is 12.2. The van der Waals surface area contributed by atoms with E-state index in [1.165, 1.54) is 0 Å². The number of rotatable bonds is 5. The second kappa shape index (κ2) is 7.46. The summed E-state index contributed by atoms with van der Waals surface area (Å²) in [6.07, 6.45) is 3.88.